The summed E-state index contributed by atoms with van der Waals surface area (Å²) in [5.74, 6) is 0. The highest BCUT2D eigenvalue weighted by Gasteiger charge is 2.20. The first-order valence-electron chi connectivity index (χ1n) is 20.5. The zero-order valence-corrected chi connectivity index (χ0v) is 32.9. The Labute approximate surface area is 349 Å². The third-order valence-corrected chi connectivity index (χ3v) is 11.7. The van der Waals surface area contributed by atoms with Crippen LogP contribution in [-0.2, 0) is 0 Å². The fourth-order valence-electron chi connectivity index (χ4n) is 8.77. The summed E-state index contributed by atoms with van der Waals surface area (Å²) in [6, 6.07) is 84.9. The van der Waals surface area contributed by atoms with Crippen molar-refractivity contribution in [3.05, 3.63) is 237 Å². The summed E-state index contributed by atoms with van der Waals surface area (Å²) in [6.07, 6.45) is 0. The fraction of sp³-hybridized carbons (Fsp3) is 0. The topological polar surface area (TPSA) is 16.4 Å². The first-order chi connectivity index (χ1) is 29.7. The molecule has 0 saturated heterocycles. The maximum absolute atomic E-state index is 6.34. The Balaban J connectivity index is 1.06. The second kappa shape index (κ2) is 15.1. The molecule has 0 atom stereocenters. The van der Waals surface area contributed by atoms with Crippen LogP contribution in [0.5, 0.6) is 0 Å². The second-order valence-electron chi connectivity index (χ2n) is 15.3. The Bertz CT molecular complexity index is 3290. The average Bonchev–Trinajstić information content (AvgIpc) is 3.70. The molecule has 11 rings (SSSR count). The molecule has 2 nitrogen and oxygen atoms in total. The summed E-state index contributed by atoms with van der Waals surface area (Å²) in [7, 11) is 0. The summed E-state index contributed by atoms with van der Waals surface area (Å²) in [6.45, 7) is 0. The zero-order valence-electron chi connectivity index (χ0n) is 32.9. The Morgan fingerprint density at radius 1 is 0.283 bits per heavy atom. The Morgan fingerprint density at radius 2 is 0.800 bits per heavy atom. The molecular weight excluding hydrogens is 727 g/mol. The Morgan fingerprint density at radius 3 is 1.55 bits per heavy atom. The van der Waals surface area contributed by atoms with E-state index in [0.29, 0.717) is 0 Å². The van der Waals surface area contributed by atoms with Crippen LogP contribution in [-0.4, -0.2) is 0 Å². The molecule has 0 N–H and O–H groups in total. The van der Waals surface area contributed by atoms with Gasteiger partial charge in [-0.1, -0.05) is 188 Å². The van der Waals surface area contributed by atoms with Crippen molar-refractivity contribution in [1.82, 2.24) is 0 Å². The van der Waals surface area contributed by atoms with Gasteiger partial charge in [-0.05, 0) is 109 Å². The van der Waals surface area contributed by atoms with E-state index < -0.39 is 0 Å². The van der Waals surface area contributed by atoms with Crippen LogP contribution in [0.4, 0.5) is 17.1 Å². The van der Waals surface area contributed by atoms with Crippen LogP contribution < -0.4 is 4.90 Å². The van der Waals surface area contributed by atoms with Crippen molar-refractivity contribution >= 4 is 49.8 Å². The number of fused-ring (bicyclic) bond motifs is 4. The summed E-state index contributed by atoms with van der Waals surface area (Å²) in [5, 5.41) is 4.71. The van der Waals surface area contributed by atoms with Gasteiger partial charge in [0.2, 0.25) is 0 Å². The van der Waals surface area contributed by atoms with Crippen LogP contribution in [0.25, 0.3) is 88.3 Å². The van der Waals surface area contributed by atoms with Gasteiger partial charge < -0.3 is 9.32 Å². The minimum Gasteiger partial charge on any atom is -0.456 e. The SMILES string of the molecule is c1ccc(-c2ccc(-c3ccc(N(c4cccc(-c5ccc6c(c5)oc5ccccc56)c4)c4ccccc4-c4cccc5cccc(-c6ccccc6)c45)cc3)cc2)cc1. The summed E-state index contributed by atoms with van der Waals surface area (Å²) < 4.78 is 6.34. The second-order valence-corrected chi connectivity index (χ2v) is 15.3. The predicted octanol–water partition coefficient (Wildman–Crippen LogP) is 16.5. The first kappa shape index (κ1) is 35.2. The van der Waals surface area contributed by atoms with E-state index in [1.165, 1.54) is 49.7 Å². The smallest absolute Gasteiger partial charge is 0.136 e. The van der Waals surface area contributed by atoms with Crippen molar-refractivity contribution in [1.29, 1.82) is 0 Å². The maximum Gasteiger partial charge on any atom is 0.136 e. The molecule has 0 unspecified atom stereocenters. The molecule has 1 heterocycles. The predicted molar refractivity (Wildman–Crippen MR) is 253 cm³/mol. The van der Waals surface area contributed by atoms with Crippen LogP contribution in [0.2, 0.25) is 0 Å². The number of hydrogen-bond donors (Lipinski definition) is 0. The Kier molecular flexibility index (Phi) is 8.87. The quantitative estimate of drug-likeness (QED) is 0.153. The van der Waals surface area contributed by atoms with Gasteiger partial charge in [0.05, 0.1) is 5.69 Å². The van der Waals surface area contributed by atoms with E-state index in [1.54, 1.807) is 0 Å². The number of hydrogen-bond acceptors (Lipinski definition) is 2. The molecule has 2 heteroatoms. The van der Waals surface area contributed by atoms with Crippen LogP contribution >= 0.6 is 0 Å². The number of para-hydroxylation sites is 2. The van der Waals surface area contributed by atoms with E-state index in [4.69, 9.17) is 4.42 Å². The molecule has 0 bridgehead atoms. The minimum atomic E-state index is 0.888. The zero-order chi connectivity index (χ0) is 39.8. The molecule has 1 aromatic heterocycles. The third kappa shape index (κ3) is 6.41. The summed E-state index contributed by atoms with van der Waals surface area (Å²) in [5.41, 5.74) is 16.8. The lowest BCUT2D eigenvalue weighted by atomic mass is 9.90. The van der Waals surface area contributed by atoms with E-state index in [-0.39, 0.29) is 0 Å². The molecule has 11 aromatic rings. The van der Waals surface area contributed by atoms with Gasteiger partial charge in [-0.15, -0.1) is 0 Å². The molecule has 0 amide bonds. The van der Waals surface area contributed by atoms with Crippen molar-refractivity contribution < 1.29 is 4.42 Å². The number of benzene rings is 10. The third-order valence-electron chi connectivity index (χ3n) is 11.7. The minimum absolute atomic E-state index is 0.888. The first-order valence-corrected chi connectivity index (χ1v) is 20.5. The summed E-state index contributed by atoms with van der Waals surface area (Å²) in [4.78, 5) is 2.41. The van der Waals surface area contributed by atoms with E-state index in [2.05, 4.69) is 229 Å². The van der Waals surface area contributed by atoms with E-state index in [0.717, 1.165) is 55.7 Å². The molecule has 0 aliphatic carbocycles. The van der Waals surface area contributed by atoms with Crippen LogP contribution in [0.15, 0.2) is 241 Å². The van der Waals surface area contributed by atoms with Crippen molar-refractivity contribution in [3.63, 3.8) is 0 Å². The van der Waals surface area contributed by atoms with Gasteiger partial charge in [-0.2, -0.15) is 0 Å². The lowest BCUT2D eigenvalue weighted by Crippen LogP contribution is -2.11. The monoisotopic (exact) mass is 765 g/mol. The van der Waals surface area contributed by atoms with Gasteiger partial charge in [0.15, 0.2) is 0 Å². The average molecular weight is 766 g/mol. The largest absolute Gasteiger partial charge is 0.456 e. The van der Waals surface area contributed by atoms with Crippen molar-refractivity contribution in [2.45, 2.75) is 0 Å². The van der Waals surface area contributed by atoms with Crippen molar-refractivity contribution in [2.75, 3.05) is 4.90 Å². The molecule has 0 saturated carbocycles. The molecule has 60 heavy (non-hydrogen) atoms. The molecule has 282 valence electrons. The van der Waals surface area contributed by atoms with Crippen molar-refractivity contribution in [2.24, 2.45) is 0 Å². The van der Waals surface area contributed by atoms with Crippen LogP contribution in [0.1, 0.15) is 0 Å². The molecule has 0 aliphatic heterocycles. The lowest BCUT2D eigenvalue weighted by molar-refractivity contribution is 0.669. The van der Waals surface area contributed by atoms with E-state index >= 15 is 0 Å². The van der Waals surface area contributed by atoms with Gasteiger partial charge in [0, 0.05) is 27.7 Å². The lowest BCUT2D eigenvalue weighted by Gasteiger charge is -2.29. The van der Waals surface area contributed by atoms with Crippen LogP contribution in [0, 0.1) is 0 Å². The Hall–Kier alpha value is -7.94. The van der Waals surface area contributed by atoms with Crippen LogP contribution in [0.3, 0.4) is 0 Å². The van der Waals surface area contributed by atoms with Gasteiger partial charge in [0.25, 0.3) is 0 Å². The maximum atomic E-state index is 6.34. The molecular formula is C58H39NO. The highest BCUT2D eigenvalue weighted by molar-refractivity contribution is 6.09. The van der Waals surface area contributed by atoms with E-state index in [1.807, 2.05) is 12.1 Å². The highest BCUT2D eigenvalue weighted by atomic mass is 16.3. The standard InChI is InChI=1S/C58H39NO/c1-3-14-40(15-4-1)41-28-30-42(31-29-41)43-32-35-48(36-33-43)59(49-21-11-20-46(38-49)47-34-37-53-52-23-8-10-27-56(52)60-57(53)39-47)55-26-9-7-22-51(55)54-25-13-19-45-18-12-24-50(58(45)54)44-16-5-2-6-17-44/h1-39H. The number of rotatable bonds is 8. The summed E-state index contributed by atoms with van der Waals surface area (Å²) >= 11 is 0. The van der Waals surface area contributed by atoms with Gasteiger partial charge in [0.1, 0.15) is 11.2 Å². The van der Waals surface area contributed by atoms with E-state index in [9.17, 15) is 0 Å². The normalized spacial score (nSPS) is 11.3. The molecule has 0 fully saturated rings. The molecule has 0 aliphatic rings. The highest BCUT2D eigenvalue weighted by Crippen LogP contribution is 2.46. The fourth-order valence-corrected chi connectivity index (χ4v) is 8.77. The number of furan rings is 1. The van der Waals surface area contributed by atoms with Gasteiger partial charge >= 0.3 is 0 Å². The van der Waals surface area contributed by atoms with Crippen molar-refractivity contribution in [3.8, 4) is 55.6 Å². The van der Waals surface area contributed by atoms with Gasteiger partial charge in [-0.25, -0.2) is 0 Å². The number of nitrogens with zero attached hydrogens (tertiary/aromatic N) is 1. The number of anilines is 3. The molecule has 0 spiro atoms. The van der Waals surface area contributed by atoms with Gasteiger partial charge in [-0.3, -0.25) is 0 Å². The molecule has 0 radical (unpaired) electrons. The molecule has 10 aromatic carbocycles.